The van der Waals surface area contributed by atoms with Gasteiger partial charge in [0.05, 0.1) is 22.5 Å². The van der Waals surface area contributed by atoms with Crippen molar-refractivity contribution >= 4 is 5.69 Å². The van der Waals surface area contributed by atoms with Crippen LogP contribution in [-0.4, -0.2) is 46.4 Å². The quantitative estimate of drug-likeness (QED) is 0.653. The van der Waals surface area contributed by atoms with Crippen LogP contribution in [0.5, 0.6) is 0 Å². The van der Waals surface area contributed by atoms with Crippen molar-refractivity contribution in [3.63, 3.8) is 0 Å². The molecule has 1 aromatic heterocycles. The van der Waals surface area contributed by atoms with E-state index in [0.717, 1.165) is 11.8 Å². The van der Waals surface area contributed by atoms with E-state index in [0.29, 0.717) is 26.2 Å². The molecule has 0 amide bonds. The van der Waals surface area contributed by atoms with E-state index in [4.69, 9.17) is 0 Å². The summed E-state index contributed by atoms with van der Waals surface area (Å²) >= 11 is 0. The van der Waals surface area contributed by atoms with Crippen LogP contribution in [0.15, 0.2) is 30.5 Å². The van der Waals surface area contributed by atoms with E-state index in [1.165, 1.54) is 19.9 Å². The maximum Gasteiger partial charge on any atom is 0.417 e. The summed E-state index contributed by atoms with van der Waals surface area (Å²) in [5.74, 6) is 0. The first-order valence-electron chi connectivity index (χ1n) is 10.1. The summed E-state index contributed by atoms with van der Waals surface area (Å²) < 4.78 is 55.3. The number of halogens is 4. The van der Waals surface area contributed by atoms with Crippen molar-refractivity contribution < 1.29 is 17.6 Å². The molecule has 1 atom stereocenters. The lowest BCUT2D eigenvalue weighted by Crippen LogP contribution is -2.51. The molecule has 9 heteroatoms. The number of hydrogen-bond donors (Lipinski definition) is 0. The van der Waals surface area contributed by atoms with Crippen molar-refractivity contribution in [2.24, 2.45) is 0 Å². The largest absolute Gasteiger partial charge is 0.417 e. The average Bonchev–Trinajstić information content (AvgIpc) is 2.68. The Kier molecular flexibility index (Phi) is 6.51. The molecule has 1 saturated heterocycles. The lowest BCUT2D eigenvalue weighted by atomic mass is 9.94. The maximum absolute atomic E-state index is 14.2. The van der Waals surface area contributed by atoms with Gasteiger partial charge in [-0.2, -0.15) is 28.6 Å². The van der Waals surface area contributed by atoms with Crippen LogP contribution >= 0.6 is 0 Å². The minimum absolute atomic E-state index is 0.0120. The lowest BCUT2D eigenvalue weighted by Gasteiger charge is -2.41. The molecule has 1 aromatic carbocycles. The van der Waals surface area contributed by atoms with E-state index in [9.17, 15) is 22.8 Å². The fraction of sp³-hybridized carbons (Fsp3) is 0.500. The minimum Gasteiger partial charge on any atom is -0.368 e. The van der Waals surface area contributed by atoms with Crippen LogP contribution in [0.3, 0.4) is 0 Å². The molecule has 1 fully saturated rings. The van der Waals surface area contributed by atoms with Gasteiger partial charge in [0.1, 0.15) is 11.7 Å². The molecule has 0 bridgehead atoms. The number of aromatic nitrogens is 2. The molecule has 2 aromatic rings. The normalized spacial score (nSPS) is 18.1. The first kappa shape index (κ1) is 22.9. The first-order valence-corrected chi connectivity index (χ1v) is 10.1. The predicted molar refractivity (Wildman–Crippen MR) is 109 cm³/mol. The van der Waals surface area contributed by atoms with E-state index in [1.807, 2.05) is 13.0 Å². The molecule has 31 heavy (non-hydrogen) atoms. The van der Waals surface area contributed by atoms with Gasteiger partial charge < -0.3 is 4.90 Å². The Morgan fingerprint density at radius 3 is 2.48 bits per heavy atom. The van der Waals surface area contributed by atoms with Crippen LogP contribution in [0.2, 0.25) is 0 Å². The number of alkyl halides is 4. The summed E-state index contributed by atoms with van der Waals surface area (Å²) in [6, 6.07) is 7.85. The van der Waals surface area contributed by atoms with Crippen LogP contribution in [0, 0.1) is 11.3 Å². The van der Waals surface area contributed by atoms with Crippen molar-refractivity contribution in [1.29, 1.82) is 5.26 Å². The second-order valence-corrected chi connectivity index (χ2v) is 8.52. The summed E-state index contributed by atoms with van der Waals surface area (Å²) in [4.78, 5) is 3.96. The van der Waals surface area contributed by atoms with Crippen LogP contribution < -0.4 is 4.90 Å². The van der Waals surface area contributed by atoms with Crippen LogP contribution in [-0.2, 0) is 19.1 Å². The monoisotopic (exact) mass is 435 g/mol. The van der Waals surface area contributed by atoms with Gasteiger partial charge in [0.2, 0.25) is 0 Å². The molecule has 0 saturated carbocycles. The van der Waals surface area contributed by atoms with Crippen LogP contribution in [0.25, 0.3) is 0 Å². The zero-order chi connectivity index (χ0) is 22.8. The van der Waals surface area contributed by atoms with Crippen molar-refractivity contribution in [2.45, 2.75) is 51.6 Å². The van der Waals surface area contributed by atoms with Gasteiger partial charge in [0.25, 0.3) is 0 Å². The van der Waals surface area contributed by atoms with Gasteiger partial charge in [-0.05, 0) is 50.6 Å². The summed E-state index contributed by atoms with van der Waals surface area (Å²) in [6.45, 7) is 6.68. The molecular formula is C22H25F4N5. The number of piperazine rings is 1. The topological polar surface area (TPSA) is 56.1 Å². The Morgan fingerprint density at radius 2 is 1.94 bits per heavy atom. The predicted octanol–water partition coefficient (Wildman–Crippen LogP) is 4.37. The fourth-order valence-corrected chi connectivity index (χ4v) is 3.94. The Morgan fingerprint density at radius 1 is 1.19 bits per heavy atom. The average molecular weight is 435 g/mol. The summed E-state index contributed by atoms with van der Waals surface area (Å²) in [7, 11) is 0. The molecule has 1 aliphatic rings. The van der Waals surface area contributed by atoms with Crippen LogP contribution in [0.4, 0.5) is 23.2 Å². The zero-order valence-electron chi connectivity index (χ0n) is 17.7. The SMILES string of the molecule is C[C@H]1CN(c2cc(CC(C)(C)F)cc(C(F)(F)F)c2C#N)CCN1Cc1cccnn1. The first-order chi connectivity index (χ1) is 14.5. The van der Waals surface area contributed by atoms with E-state index < -0.39 is 23.0 Å². The van der Waals surface area contributed by atoms with E-state index in [-0.39, 0.29) is 23.7 Å². The number of hydrogen-bond acceptors (Lipinski definition) is 5. The number of rotatable bonds is 5. The third-order valence-corrected chi connectivity index (χ3v) is 5.32. The van der Waals surface area contributed by atoms with Crippen LogP contribution in [0.1, 0.15) is 43.2 Å². The van der Waals surface area contributed by atoms with Crippen molar-refractivity contribution in [3.05, 3.63) is 52.8 Å². The van der Waals surface area contributed by atoms with E-state index >= 15 is 0 Å². The number of nitriles is 1. The summed E-state index contributed by atoms with van der Waals surface area (Å²) in [6.07, 6.45) is -3.27. The van der Waals surface area contributed by atoms with E-state index in [1.54, 1.807) is 23.2 Å². The Balaban J connectivity index is 1.91. The molecule has 5 nitrogen and oxygen atoms in total. The Hall–Kier alpha value is -2.73. The zero-order valence-corrected chi connectivity index (χ0v) is 17.7. The molecule has 2 heterocycles. The van der Waals surface area contributed by atoms with Crippen molar-refractivity contribution in [1.82, 2.24) is 15.1 Å². The van der Waals surface area contributed by atoms with Gasteiger partial charge in [-0.15, -0.1) is 0 Å². The lowest BCUT2D eigenvalue weighted by molar-refractivity contribution is -0.137. The molecular weight excluding hydrogens is 410 g/mol. The van der Waals surface area contributed by atoms with Gasteiger partial charge in [0.15, 0.2) is 0 Å². The Bertz CT molecular complexity index is 947. The highest BCUT2D eigenvalue weighted by molar-refractivity contribution is 5.65. The highest BCUT2D eigenvalue weighted by Gasteiger charge is 2.37. The maximum atomic E-state index is 14.2. The molecule has 0 N–H and O–H groups in total. The molecule has 0 unspecified atom stereocenters. The standard InChI is InChI=1S/C22H25F4N5/c1-15-13-31(8-7-30(15)14-17-5-4-6-28-29-17)20-10-16(11-21(2,3)23)9-19(18(20)12-27)22(24,25)26/h4-6,9-10,15H,7-8,11,13-14H2,1-3H3/t15-/m0/s1. The minimum atomic E-state index is -4.70. The highest BCUT2D eigenvalue weighted by atomic mass is 19.4. The number of benzene rings is 1. The molecule has 0 radical (unpaired) electrons. The molecule has 166 valence electrons. The molecule has 0 aliphatic carbocycles. The van der Waals surface area contributed by atoms with Crippen molar-refractivity contribution in [3.8, 4) is 6.07 Å². The van der Waals surface area contributed by atoms with Crippen molar-refractivity contribution in [2.75, 3.05) is 24.5 Å². The molecule has 3 rings (SSSR count). The third kappa shape index (κ3) is 5.70. The van der Waals surface area contributed by atoms with Gasteiger partial charge in [-0.3, -0.25) is 4.90 Å². The van der Waals surface area contributed by atoms with Gasteiger partial charge in [0, 0.05) is 44.8 Å². The Labute approximate surface area is 179 Å². The number of nitrogens with zero attached hydrogens (tertiary/aromatic N) is 5. The highest BCUT2D eigenvalue weighted by Crippen LogP contribution is 2.38. The summed E-state index contributed by atoms with van der Waals surface area (Å²) in [5, 5.41) is 17.5. The third-order valence-electron chi connectivity index (χ3n) is 5.32. The van der Waals surface area contributed by atoms with E-state index in [2.05, 4.69) is 15.1 Å². The smallest absolute Gasteiger partial charge is 0.368 e. The second-order valence-electron chi connectivity index (χ2n) is 8.52. The van der Waals surface area contributed by atoms with Gasteiger partial charge in [-0.1, -0.05) is 0 Å². The van der Waals surface area contributed by atoms with Gasteiger partial charge >= 0.3 is 6.18 Å². The second kappa shape index (κ2) is 8.79. The molecule has 1 aliphatic heterocycles. The summed E-state index contributed by atoms with van der Waals surface area (Å²) in [5.41, 5.74) is -1.85. The van der Waals surface area contributed by atoms with Gasteiger partial charge in [-0.25, -0.2) is 4.39 Å². The number of anilines is 1. The molecule has 0 spiro atoms. The fourth-order valence-electron chi connectivity index (χ4n) is 3.94.